The summed E-state index contributed by atoms with van der Waals surface area (Å²) in [5, 5.41) is 0.0551. The van der Waals surface area contributed by atoms with Crippen LogP contribution in [0.1, 0.15) is 29.3 Å². The summed E-state index contributed by atoms with van der Waals surface area (Å²) in [6.07, 6.45) is 0.884. The maximum atomic E-state index is 13.6. The number of hydrogen-bond donors (Lipinski definition) is 0. The van der Waals surface area contributed by atoms with Gasteiger partial charge in [-0.1, -0.05) is 24.3 Å². The number of benzene rings is 2. The Morgan fingerprint density at radius 3 is 2.67 bits per heavy atom. The Morgan fingerprint density at radius 1 is 1.19 bits per heavy atom. The van der Waals surface area contributed by atoms with Crippen LogP contribution < -0.4 is 0 Å². The number of carbonyl (C=O) groups excluding carboxylic acids is 1. The molecule has 4 heteroatoms. The lowest BCUT2D eigenvalue weighted by molar-refractivity contribution is -0.120. The van der Waals surface area contributed by atoms with E-state index in [0.29, 0.717) is 6.54 Å². The van der Waals surface area contributed by atoms with E-state index < -0.39 is 0 Å². The predicted molar refractivity (Wildman–Crippen MR) is 82.6 cm³/mol. The molecule has 0 bridgehead atoms. The number of nitrogens with zero attached hydrogens (tertiary/aromatic N) is 1. The number of fused-ring (bicyclic) bond motifs is 1. The third-order valence-electron chi connectivity index (χ3n) is 3.88. The lowest BCUT2D eigenvalue weighted by Crippen LogP contribution is -2.34. The van der Waals surface area contributed by atoms with Gasteiger partial charge in [0.1, 0.15) is 5.82 Å². The highest BCUT2D eigenvalue weighted by atomic mass is 32.2. The van der Waals surface area contributed by atoms with Gasteiger partial charge in [0.2, 0.25) is 6.41 Å². The summed E-state index contributed by atoms with van der Waals surface area (Å²) in [4.78, 5) is 14.2. The molecule has 0 fully saturated rings. The van der Waals surface area contributed by atoms with Gasteiger partial charge in [0, 0.05) is 11.4 Å². The standard InChI is InChI=1S/C17H16FNOS/c1-12-15-8-7-13(18)9-16(15)17(10-19(12)11-20)21-14-5-3-2-4-6-14/h2-9,11-12,17H,10H2,1H3. The van der Waals surface area contributed by atoms with Crippen LogP contribution in [0.15, 0.2) is 53.4 Å². The maximum Gasteiger partial charge on any atom is 0.210 e. The molecular weight excluding hydrogens is 285 g/mol. The minimum atomic E-state index is -0.223. The number of thioether (sulfide) groups is 1. The zero-order valence-electron chi connectivity index (χ0n) is 11.7. The van der Waals surface area contributed by atoms with Crippen molar-refractivity contribution >= 4 is 18.2 Å². The van der Waals surface area contributed by atoms with E-state index in [1.807, 2.05) is 37.3 Å². The van der Waals surface area contributed by atoms with Gasteiger partial charge in [-0.15, -0.1) is 11.8 Å². The van der Waals surface area contributed by atoms with Crippen LogP contribution >= 0.6 is 11.8 Å². The van der Waals surface area contributed by atoms with E-state index in [0.717, 1.165) is 22.4 Å². The van der Waals surface area contributed by atoms with Crippen LogP contribution in [0, 0.1) is 5.82 Å². The molecule has 1 heterocycles. The number of halogens is 1. The second-order valence-electron chi connectivity index (χ2n) is 5.17. The Balaban J connectivity index is 1.98. The Labute approximate surface area is 128 Å². The lowest BCUT2D eigenvalue weighted by atomic mass is 9.93. The first-order valence-electron chi connectivity index (χ1n) is 6.91. The molecule has 2 aromatic rings. The minimum Gasteiger partial charge on any atom is -0.337 e. The number of rotatable bonds is 3. The lowest BCUT2D eigenvalue weighted by Gasteiger charge is -2.37. The quantitative estimate of drug-likeness (QED) is 0.792. The molecule has 0 saturated carbocycles. The third kappa shape index (κ3) is 2.81. The molecule has 0 saturated heterocycles. The van der Waals surface area contributed by atoms with Gasteiger partial charge < -0.3 is 4.90 Å². The van der Waals surface area contributed by atoms with Crippen molar-refractivity contribution in [2.24, 2.45) is 0 Å². The van der Waals surface area contributed by atoms with Crippen LogP contribution in [-0.2, 0) is 4.79 Å². The summed E-state index contributed by atoms with van der Waals surface area (Å²) in [6.45, 7) is 2.58. The van der Waals surface area contributed by atoms with Gasteiger partial charge in [-0.25, -0.2) is 4.39 Å². The SMILES string of the molecule is CC1c2ccc(F)cc2C(Sc2ccccc2)CN1C=O. The van der Waals surface area contributed by atoms with Crippen molar-refractivity contribution in [1.29, 1.82) is 0 Å². The normalized spacial score (nSPS) is 21.0. The summed E-state index contributed by atoms with van der Waals surface area (Å²) < 4.78 is 13.6. The Morgan fingerprint density at radius 2 is 1.95 bits per heavy atom. The van der Waals surface area contributed by atoms with Crippen molar-refractivity contribution in [3.63, 3.8) is 0 Å². The molecule has 21 heavy (non-hydrogen) atoms. The van der Waals surface area contributed by atoms with E-state index in [4.69, 9.17) is 0 Å². The molecule has 2 unspecified atom stereocenters. The summed E-state index contributed by atoms with van der Waals surface area (Å²) in [5.41, 5.74) is 2.03. The molecule has 0 spiro atoms. The first-order valence-corrected chi connectivity index (χ1v) is 7.79. The largest absolute Gasteiger partial charge is 0.337 e. The van der Waals surface area contributed by atoms with E-state index in [2.05, 4.69) is 0 Å². The first kappa shape index (κ1) is 14.1. The van der Waals surface area contributed by atoms with Gasteiger partial charge in [0.15, 0.2) is 0 Å². The summed E-state index contributed by atoms with van der Waals surface area (Å²) in [7, 11) is 0. The smallest absolute Gasteiger partial charge is 0.210 e. The minimum absolute atomic E-state index is 0.00859. The van der Waals surface area contributed by atoms with E-state index in [1.54, 1.807) is 28.8 Å². The number of carbonyl (C=O) groups is 1. The van der Waals surface area contributed by atoms with Crippen molar-refractivity contribution < 1.29 is 9.18 Å². The summed E-state index contributed by atoms with van der Waals surface area (Å²) in [6, 6.07) is 14.9. The highest BCUT2D eigenvalue weighted by Gasteiger charge is 2.30. The molecule has 0 aromatic heterocycles. The molecule has 2 atom stereocenters. The first-order chi connectivity index (χ1) is 10.2. The highest BCUT2D eigenvalue weighted by Crippen LogP contribution is 2.43. The van der Waals surface area contributed by atoms with E-state index >= 15 is 0 Å². The Bertz CT molecular complexity index is 646. The monoisotopic (exact) mass is 301 g/mol. The van der Waals surface area contributed by atoms with Crippen LogP contribution in [0.4, 0.5) is 4.39 Å². The van der Waals surface area contributed by atoms with Gasteiger partial charge in [0.25, 0.3) is 0 Å². The molecule has 1 amide bonds. The molecule has 108 valence electrons. The fourth-order valence-corrected chi connectivity index (χ4v) is 3.95. The average molecular weight is 301 g/mol. The van der Waals surface area contributed by atoms with Gasteiger partial charge in [-0.3, -0.25) is 4.79 Å². The Kier molecular flexibility index (Phi) is 3.97. The molecular formula is C17H16FNOS. The molecule has 2 aromatic carbocycles. The second kappa shape index (κ2) is 5.90. The topological polar surface area (TPSA) is 20.3 Å². The number of hydrogen-bond acceptors (Lipinski definition) is 2. The van der Waals surface area contributed by atoms with Gasteiger partial charge in [-0.05, 0) is 42.3 Å². The number of amides is 1. The van der Waals surface area contributed by atoms with Crippen LogP contribution in [0.5, 0.6) is 0 Å². The molecule has 0 aliphatic carbocycles. The van der Waals surface area contributed by atoms with E-state index in [1.165, 1.54) is 6.07 Å². The van der Waals surface area contributed by atoms with Crippen molar-refractivity contribution in [2.75, 3.05) is 6.54 Å². The average Bonchev–Trinajstić information content (AvgIpc) is 2.51. The fourth-order valence-electron chi connectivity index (χ4n) is 2.73. The van der Waals surface area contributed by atoms with E-state index in [9.17, 15) is 9.18 Å². The third-order valence-corrected chi connectivity index (χ3v) is 5.11. The van der Waals surface area contributed by atoms with Crippen molar-refractivity contribution in [3.05, 3.63) is 65.5 Å². The molecule has 3 rings (SSSR count). The van der Waals surface area contributed by atoms with Gasteiger partial charge >= 0.3 is 0 Å². The van der Waals surface area contributed by atoms with Gasteiger partial charge in [0.05, 0.1) is 11.3 Å². The maximum absolute atomic E-state index is 13.6. The highest BCUT2D eigenvalue weighted by molar-refractivity contribution is 7.99. The zero-order chi connectivity index (χ0) is 14.8. The predicted octanol–water partition coefficient (Wildman–Crippen LogP) is 4.19. The molecule has 1 aliphatic heterocycles. The summed E-state index contributed by atoms with van der Waals surface area (Å²) in [5.74, 6) is -0.223. The van der Waals surface area contributed by atoms with Crippen LogP contribution in [0.3, 0.4) is 0 Å². The van der Waals surface area contributed by atoms with Crippen molar-refractivity contribution in [3.8, 4) is 0 Å². The molecule has 0 N–H and O–H groups in total. The fraction of sp³-hybridized carbons (Fsp3) is 0.235. The van der Waals surface area contributed by atoms with Crippen LogP contribution in [-0.4, -0.2) is 17.9 Å². The van der Waals surface area contributed by atoms with E-state index in [-0.39, 0.29) is 17.1 Å². The van der Waals surface area contributed by atoms with Crippen molar-refractivity contribution in [2.45, 2.75) is 23.1 Å². The summed E-state index contributed by atoms with van der Waals surface area (Å²) >= 11 is 1.67. The molecule has 2 nitrogen and oxygen atoms in total. The van der Waals surface area contributed by atoms with Crippen LogP contribution in [0.25, 0.3) is 0 Å². The molecule has 1 aliphatic rings. The second-order valence-corrected chi connectivity index (χ2v) is 6.45. The zero-order valence-corrected chi connectivity index (χ0v) is 12.5. The molecule has 0 radical (unpaired) electrons. The van der Waals surface area contributed by atoms with Gasteiger partial charge in [-0.2, -0.15) is 0 Å². The van der Waals surface area contributed by atoms with Crippen molar-refractivity contribution in [1.82, 2.24) is 4.90 Å². The Hall–Kier alpha value is -1.81. The van der Waals surface area contributed by atoms with Crippen LogP contribution in [0.2, 0.25) is 0 Å².